The zero-order valence-corrected chi connectivity index (χ0v) is 19.3. The summed E-state index contributed by atoms with van der Waals surface area (Å²) in [7, 11) is -2.71. The van der Waals surface area contributed by atoms with Gasteiger partial charge in [-0.05, 0) is 24.3 Å². The number of aromatic nitrogens is 1. The van der Waals surface area contributed by atoms with Crippen LogP contribution in [0, 0.1) is 5.82 Å². The molecule has 1 spiro atoms. The summed E-state index contributed by atoms with van der Waals surface area (Å²) in [5, 5.41) is 0. The van der Waals surface area contributed by atoms with Gasteiger partial charge in [0.25, 0.3) is 10.2 Å². The minimum atomic E-state index is -3.92. The van der Waals surface area contributed by atoms with E-state index in [0.29, 0.717) is 22.9 Å². The van der Waals surface area contributed by atoms with E-state index < -0.39 is 27.7 Å². The molecule has 0 saturated carbocycles. The van der Waals surface area contributed by atoms with Crippen molar-refractivity contribution in [2.24, 2.45) is 0 Å². The SMILES string of the molecule is CNS(=O)(=O)Nc1cccc(CN2C(=O)Oc3cc(Oc4ccccn4)ccc3C23COC3)c1F. The molecule has 2 aromatic carbocycles. The highest BCUT2D eigenvalue weighted by Gasteiger charge is 2.53. The third-order valence-corrected chi connectivity index (χ3v) is 6.88. The van der Waals surface area contributed by atoms with Crippen molar-refractivity contribution >= 4 is 22.0 Å². The van der Waals surface area contributed by atoms with Crippen LogP contribution >= 0.6 is 0 Å². The standard InChI is InChI=1S/C23H21FN4O6S/c1-25-35(30,31)27-18-6-4-5-15(21(18)24)12-28-22(29)34-19-11-16(33-20-7-2-3-10-26-20)8-9-17(19)23(28)13-32-14-23/h2-11,25,27H,12-14H2,1H3. The first kappa shape index (κ1) is 23.0. The van der Waals surface area contributed by atoms with Gasteiger partial charge in [0, 0.05) is 36.5 Å². The molecular formula is C23H21FN4O6S. The summed E-state index contributed by atoms with van der Waals surface area (Å²) in [5.41, 5.74) is -0.286. The van der Waals surface area contributed by atoms with Crippen LogP contribution in [0.5, 0.6) is 17.4 Å². The number of carbonyl (C=O) groups is 1. The average molecular weight is 501 g/mol. The van der Waals surface area contributed by atoms with Crippen molar-refractivity contribution in [2.75, 3.05) is 25.0 Å². The molecule has 10 nitrogen and oxygen atoms in total. The lowest BCUT2D eigenvalue weighted by atomic mass is 9.84. The lowest BCUT2D eigenvalue weighted by molar-refractivity contribution is -0.143. The van der Waals surface area contributed by atoms with E-state index in [1.165, 1.54) is 30.1 Å². The topological polar surface area (TPSA) is 119 Å². The number of amides is 1. The number of rotatable bonds is 7. The number of pyridine rings is 1. The summed E-state index contributed by atoms with van der Waals surface area (Å²) < 4.78 is 59.8. The van der Waals surface area contributed by atoms with Crippen molar-refractivity contribution in [3.63, 3.8) is 0 Å². The Morgan fingerprint density at radius 3 is 2.69 bits per heavy atom. The highest BCUT2D eigenvalue weighted by atomic mass is 32.2. The molecular weight excluding hydrogens is 479 g/mol. The van der Waals surface area contributed by atoms with Gasteiger partial charge < -0.3 is 14.2 Å². The smallest absolute Gasteiger partial charge is 0.416 e. The molecule has 1 aromatic heterocycles. The molecule has 12 heteroatoms. The lowest BCUT2D eigenvalue weighted by Gasteiger charge is -2.51. The van der Waals surface area contributed by atoms with Crippen LogP contribution in [0.4, 0.5) is 14.9 Å². The van der Waals surface area contributed by atoms with Gasteiger partial charge in [0.2, 0.25) is 5.88 Å². The first-order valence-corrected chi connectivity index (χ1v) is 12.1. The molecule has 1 saturated heterocycles. The Morgan fingerprint density at radius 1 is 1.17 bits per heavy atom. The minimum Gasteiger partial charge on any atom is -0.439 e. The van der Waals surface area contributed by atoms with Crippen LogP contribution in [-0.2, 0) is 27.0 Å². The van der Waals surface area contributed by atoms with Crippen LogP contribution in [0.2, 0.25) is 0 Å². The van der Waals surface area contributed by atoms with Crippen molar-refractivity contribution in [3.05, 3.63) is 77.7 Å². The molecule has 35 heavy (non-hydrogen) atoms. The number of hydrogen-bond donors (Lipinski definition) is 2. The monoisotopic (exact) mass is 500 g/mol. The summed E-state index contributed by atoms with van der Waals surface area (Å²) in [5.74, 6) is 0.357. The van der Waals surface area contributed by atoms with Crippen LogP contribution < -0.4 is 18.9 Å². The number of nitrogens with one attached hydrogen (secondary N) is 2. The molecule has 1 amide bonds. The van der Waals surface area contributed by atoms with Crippen LogP contribution in [0.1, 0.15) is 11.1 Å². The predicted molar refractivity (Wildman–Crippen MR) is 123 cm³/mol. The lowest BCUT2D eigenvalue weighted by Crippen LogP contribution is -2.63. The highest BCUT2D eigenvalue weighted by molar-refractivity contribution is 7.90. The van der Waals surface area contributed by atoms with Gasteiger partial charge in [-0.3, -0.25) is 9.62 Å². The third kappa shape index (κ3) is 4.27. The van der Waals surface area contributed by atoms with E-state index in [1.54, 1.807) is 42.6 Å². The van der Waals surface area contributed by atoms with Gasteiger partial charge in [-0.1, -0.05) is 18.2 Å². The second-order valence-electron chi connectivity index (χ2n) is 7.99. The number of halogens is 1. The Labute approximate surface area is 200 Å². The number of benzene rings is 2. The molecule has 2 aliphatic heterocycles. The number of carbonyl (C=O) groups excluding carboxylic acids is 1. The molecule has 0 atom stereocenters. The first-order chi connectivity index (χ1) is 16.8. The summed E-state index contributed by atoms with van der Waals surface area (Å²) in [6, 6.07) is 14.7. The van der Waals surface area contributed by atoms with Crippen molar-refractivity contribution in [2.45, 2.75) is 12.1 Å². The first-order valence-electron chi connectivity index (χ1n) is 10.6. The largest absolute Gasteiger partial charge is 0.439 e. The molecule has 3 heterocycles. The zero-order valence-electron chi connectivity index (χ0n) is 18.5. The predicted octanol–water partition coefficient (Wildman–Crippen LogP) is 3.13. The maximum atomic E-state index is 15.2. The van der Waals surface area contributed by atoms with Crippen LogP contribution in [0.25, 0.3) is 0 Å². The maximum Gasteiger partial charge on any atom is 0.416 e. The Kier molecular flexibility index (Phi) is 5.79. The van der Waals surface area contributed by atoms with Crippen molar-refractivity contribution < 1.29 is 31.8 Å². The number of ether oxygens (including phenoxy) is 3. The van der Waals surface area contributed by atoms with Gasteiger partial charge in [-0.2, -0.15) is 8.42 Å². The summed E-state index contributed by atoms with van der Waals surface area (Å²) in [4.78, 5) is 18.6. The third-order valence-electron chi connectivity index (χ3n) is 5.85. The number of fused-ring (bicyclic) bond motifs is 2. The summed E-state index contributed by atoms with van der Waals surface area (Å²) in [6.07, 6.45) is 0.917. The fourth-order valence-corrected chi connectivity index (χ4v) is 4.55. The van der Waals surface area contributed by atoms with E-state index in [-0.39, 0.29) is 31.0 Å². The fourth-order valence-electron chi connectivity index (χ4n) is 4.00. The summed E-state index contributed by atoms with van der Waals surface area (Å²) >= 11 is 0. The van der Waals surface area contributed by atoms with Gasteiger partial charge in [0.1, 0.15) is 17.0 Å². The second kappa shape index (κ2) is 8.80. The number of nitrogens with zero attached hydrogens (tertiary/aromatic N) is 2. The average Bonchev–Trinajstić information content (AvgIpc) is 2.81. The molecule has 0 aliphatic carbocycles. The van der Waals surface area contributed by atoms with Gasteiger partial charge in [0.15, 0.2) is 5.82 Å². The molecule has 1 fully saturated rings. The van der Waals surface area contributed by atoms with Crippen LogP contribution in [0.15, 0.2) is 60.8 Å². The molecule has 2 aliphatic rings. The van der Waals surface area contributed by atoms with E-state index in [9.17, 15) is 13.2 Å². The van der Waals surface area contributed by atoms with Gasteiger partial charge in [-0.15, -0.1) is 0 Å². The molecule has 3 aromatic rings. The molecule has 0 radical (unpaired) electrons. The molecule has 2 N–H and O–H groups in total. The van der Waals surface area contributed by atoms with Crippen LogP contribution in [0.3, 0.4) is 0 Å². The van der Waals surface area contributed by atoms with E-state index in [4.69, 9.17) is 14.2 Å². The Morgan fingerprint density at radius 2 is 2.00 bits per heavy atom. The Hall–Kier alpha value is -3.74. The maximum absolute atomic E-state index is 15.2. The number of hydrogen-bond acceptors (Lipinski definition) is 7. The van der Waals surface area contributed by atoms with Crippen LogP contribution in [-0.4, -0.2) is 44.7 Å². The van der Waals surface area contributed by atoms with E-state index in [2.05, 4.69) is 14.4 Å². The highest BCUT2D eigenvalue weighted by Crippen LogP contribution is 2.47. The molecule has 0 bridgehead atoms. The second-order valence-corrected chi connectivity index (χ2v) is 9.61. The quantitative estimate of drug-likeness (QED) is 0.512. The minimum absolute atomic E-state index is 0.114. The van der Waals surface area contributed by atoms with Crippen molar-refractivity contribution in [1.82, 2.24) is 14.6 Å². The Bertz CT molecular complexity index is 1380. The normalized spacial score (nSPS) is 16.3. The van der Waals surface area contributed by atoms with Crippen molar-refractivity contribution in [3.8, 4) is 17.4 Å². The van der Waals surface area contributed by atoms with Gasteiger partial charge in [-0.25, -0.2) is 18.9 Å². The van der Waals surface area contributed by atoms with Crippen molar-refractivity contribution in [1.29, 1.82) is 0 Å². The van der Waals surface area contributed by atoms with E-state index in [0.717, 1.165) is 0 Å². The molecule has 0 unspecified atom stereocenters. The Balaban J connectivity index is 1.44. The van der Waals surface area contributed by atoms with E-state index in [1.807, 2.05) is 0 Å². The fraction of sp³-hybridized carbons (Fsp3) is 0.217. The molecule has 182 valence electrons. The van der Waals surface area contributed by atoms with Gasteiger partial charge in [0.05, 0.1) is 25.4 Å². The zero-order chi connectivity index (χ0) is 24.6. The van der Waals surface area contributed by atoms with Gasteiger partial charge >= 0.3 is 6.09 Å². The molecule has 5 rings (SSSR count). The summed E-state index contributed by atoms with van der Waals surface area (Å²) in [6.45, 7) is 0.237. The van der Waals surface area contributed by atoms with E-state index >= 15 is 4.39 Å². The number of anilines is 1.